The number of rotatable bonds is 6. The van der Waals surface area contributed by atoms with E-state index in [4.69, 9.17) is 5.11 Å². The Balaban J connectivity index is 1.49. The zero-order chi connectivity index (χ0) is 24.1. The van der Waals surface area contributed by atoms with Gasteiger partial charge >= 0.3 is 5.97 Å². The van der Waals surface area contributed by atoms with Gasteiger partial charge in [0.25, 0.3) is 0 Å². The van der Waals surface area contributed by atoms with Gasteiger partial charge < -0.3 is 25.7 Å². The number of carbonyl (C=O) groups is 2. The van der Waals surface area contributed by atoms with Crippen LogP contribution in [0.1, 0.15) is 78.6 Å². The van der Waals surface area contributed by atoms with Gasteiger partial charge in [-0.3, -0.25) is 9.59 Å². The summed E-state index contributed by atoms with van der Waals surface area (Å²) in [6, 6.07) is 0. The number of carbonyl (C=O) groups excluding carboxylic acids is 1. The average Bonchev–Trinajstić information content (AvgIpc) is 3.11. The van der Waals surface area contributed by atoms with Crippen LogP contribution in [0.5, 0.6) is 0 Å². The van der Waals surface area contributed by atoms with E-state index in [1.165, 1.54) is 0 Å². The zero-order valence-corrected chi connectivity index (χ0v) is 20.4. The standard InChI is InChI=1S/C26H43NO6/c1-14(4-7-22(31)27-13-23(32)33)17-5-6-18-24-19(12-21(30)26(17,18)3)25(2)9-8-16(28)10-15(25)11-20(24)29/h14-21,24,28-30H,4-13H2,1-3H3,(H,27,31)(H,32,33)/t14-,15+,16-,17-,18+,19+,20-,21+,24+,25+,26+/m1/s1. The van der Waals surface area contributed by atoms with Crippen molar-refractivity contribution in [2.45, 2.75) is 96.9 Å². The van der Waals surface area contributed by atoms with Gasteiger partial charge in [0.1, 0.15) is 6.54 Å². The first-order chi connectivity index (χ1) is 15.5. The summed E-state index contributed by atoms with van der Waals surface area (Å²) in [4.78, 5) is 22.7. The smallest absolute Gasteiger partial charge is 0.322 e. The highest BCUT2D eigenvalue weighted by atomic mass is 16.4. The molecular formula is C26H43NO6. The number of hydrogen-bond acceptors (Lipinski definition) is 5. The van der Waals surface area contributed by atoms with E-state index in [9.17, 15) is 24.9 Å². The molecule has 0 unspecified atom stereocenters. The van der Waals surface area contributed by atoms with Crippen LogP contribution in [-0.2, 0) is 9.59 Å². The molecular weight excluding hydrogens is 422 g/mol. The zero-order valence-electron chi connectivity index (χ0n) is 20.4. The topological polar surface area (TPSA) is 127 Å². The first-order valence-electron chi connectivity index (χ1n) is 13.0. The molecule has 4 aliphatic rings. The van der Waals surface area contributed by atoms with Gasteiger partial charge in [0.2, 0.25) is 5.91 Å². The summed E-state index contributed by atoms with van der Waals surface area (Å²) in [6.07, 6.45) is 5.86. The molecule has 0 saturated heterocycles. The quantitative estimate of drug-likeness (QED) is 0.410. The third kappa shape index (κ3) is 4.23. The van der Waals surface area contributed by atoms with Gasteiger partial charge in [-0.2, -0.15) is 0 Å². The molecule has 0 aromatic rings. The molecule has 7 heteroatoms. The summed E-state index contributed by atoms with van der Waals surface area (Å²) in [5, 5.41) is 44.4. The Labute approximate surface area is 197 Å². The molecule has 4 saturated carbocycles. The van der Waals surface area contributed by atoms with Crippen LogP contribution in [0, 0.1) is 46.3 Å². The Kier molecular flexibility index (Phi) is 6.89. The van der Waals surface area contributed by atoms with Crippen molar-refractivity contribution in [3.05, 3.63) is 0 Å². The lowest BCUT2D eigenvalue weighted by Gasteiger charge is -2.63. The van der Waals surface area contributed by atoms with E-state index in [0.717, 1.165) is 38.5 Å². The second-order valence-corrected chi connectivity index (χ2v) is 12.2. The fraction of sp³-hybridized carbons (Fsp3) is 0.923. The summed E-state index contributed by atoms with van der Waals surface area (Å²) in [6.45, 7) is 6.35. The molecule has 4 aliphatic carbocycles. The van der Waals surface area contributed by atoms with E-state index in [1.807, 2.05) is 0 Å². The van der Waals surface area contributed by atoms with E-state index in [1.54, 1.807) is 0 Å². The van der Waals surface area contributed by atoms with E-state index in [2.05, 4.69) is 26.1 Å². The molecule has 0 aliphatic heterocycles. The van der Waals surface area contributed by atoms with Crippen LogP contribution in [0.15, 0.2) is 0 Å². The molecule has 0 aromatic carbocycles. The summed E-state index contributed by atoms with van der Waals surface area (Å²) in [7, 11) is 0. The van der Waals surface area contributed by atoms with Crippen molar-refractivity contribution in [2.24, 2.45) is 46.3 Å². The maximum Gasteiger partial charge on any atom is 0.322 e. The van der Waals surface area contributed by atoms with Gasteiger partial charge in [-0.1, -0.05) is 20.8 Å². The molecule has 33 heavy (non-hydrogen) atoms. The Bertz CT molecular complexity index is 759. The van der Waals surface area contributed by atoms with Crippen LogP contribution < -0.4 is 5.32 Å². The molecule has 4 fully saturated rings. The maximum absolute atomic E-state index is 12.0. The summed E-state index contributed by atoms with van der Waals surface area (Å²) >= 11 is 0. The van der Waals surface area contributed by atoms with Crippen molar-refractivity contribution in [1.29, 1.82) is 0 Å². The second-order valence-electron chi connectivity index (χ2n) is 12.2. The Morgan fingerprint density at radius 1 is 1.03 bits per heavy atom. The molecule has 7 nitrogen and oxygen atoms in total. The van der Waals surface area contributed by atoms with Crippen molar-refractivity contribution in [2.75, 3.05) is 6.54 Å². The number of nitrogens with one attached hydrogen (secondary N) is 1. The lowest BCUT2D eigenvalue weighted by atomic mass is 9.43. The summed E-state index contributed by atoms with van der Waals surface area (Å²) in [5.41, 5.74) is -0.214. The third-order valence-corrected chi connectivity index (χ3v) is 10.8. The molecule has 1 amide bonds. The van der Waals surface area contributed by atoms with Gasteiger partial charge in [0.05, 0.1) is 18.3 Å². The van der Waals surface area contributed by atoms with Crippen LogP contribution in [0.2, 0.25) is 0 Å². The molecule has 5 N–H and O–H groups in total. The van der Waals surface area contributed by atoms with E-state index in [-0.39, 0.29) is 65.1 Å². The van der Waals surface area contributed by atoms with Crippen molar-refractivity contribution < 1.29 is 30.0 Å². The molecule has 0 radical (unpaired) electrons. The Morgan fingerprint density at radius 2 is 1.76 bits per heavy atom. The number of aliphatic hydroxyl groups is 3. The van der Waals surface area contributed by atoms with Crippen LogP contribution in [0.4, 0.5) is 0 Å². The predicted octanol–water partition coefficient (Wildman–Crippen LogP) is 2.56. The minimum absolute atomic E-state index is 0.0668. The van der Waals surface area contributed by atoms with Crippen LogP contribution in [-0.4, -0.2) is 57.2 Å². The van der Waals surface area contributed by atoms with Crippen molar-refractivity contribution in [3.63, 3.8) is 0 Å². The summed E-state index contributed by atoms with van der Waals surface area (Å²) < 4.78 is 0. The minimum Gasteiger partial charge on any atom is -0.480 e. The first kappa shape index (κ1) is 24.9. The fourth-order valence-electron chi connectivity index (χ4n) is 8.95. The monoisotopic (exact) mass is 465 g/mol. The molecule has 0 heterocycles. The number of hydrogen-bond donors (Lipinski definition) is 5. The lowest BCUT2D eigenvalue weighted by molar-refractivity contribution is -0.207. The van der Waals surface area contributed by atoms with Crippen LogP contribution in [0.25, 0.3) is 0 Å². The molecule has 0 spiro atoms. The van der Waals surface area contributed by atoms with Crippen molar-refractivity contribution >= 4 is 11.9 Å². The summed E-state index contributed by atoms with van der Waals surface area (Å²) in [5.74, 6) is 0.265. The number of aliphatic hydroxyl groups excluding tert-OH is 3. The SMILES string of the molecule is C[C@H](CCC(=O)NCC(=O)O)[C@H]1CC[C@H]2[C@@H]3[C@H](O)C[C@@H]4C[C@H](O)CC[C@]4(C)[C@H]3C[C@H](O)[C@@]12C. The third-order valence-electron chi connectivity index (χ3n) is 10.8. The first-order valence-corrected chi connectivity index (χ1v) is 13.0. The highest BCUT2D eigenvalue weighted by molar-refractivity contribution is 5.81. The van der Waals surface area contributed by atoms with Crippen molar-refractivity contribution in [3.8, 4) is 0 Å². The molecule has 0 aromatic heterocycles. The van der Waals surface area contributed by atoms with Gasteiger partial charge in [-0.05, 0) is 97.7 Å². The second kappa shape index (κ2) is 9.12. The molecule has 11 atom stereocenters. The van der Waals surface area contributed by atoms with E-state index < -0.39 is 12.1 Å². The maximum atomic E-state index is 12.0. The van der Waals surface area contributed by atoms with E-state index >= 15 is 0 Å². The molecule has 188 valence electrons. The Morgan fingerprint density at radius 3 is 2.45 bits per heavy atom. The molecule has 4 rings (SSSR count). The Hall–Kier alpha value is -1.18. The largest absolute Gasteiger partial charge is 0.480 e. The number of carboxylic acid groups (broad SMARTS) is 1. The minimum atomic E-state index is -1.04. The number of amides is 1. The number of carboxylic acids is 1. The number of aliphatic carboxylic acids is 1. The normalized spacial score (nSPS) is 47.7. The van der Waals surface area contributed by atoms with Crippen LogP contribution in [0.3, 0.4) is 0 Å². The highest BCUT2D eigenvalue weighted by Crippen LogP contribution is 2.68. The van der Waals surface area contributed by atoms with E-state index in [0.29, 0.717) is 25.2 Å². The van der Waals surface area contributed by atoms with Gasteiger partial charge in [-0.25, -0.2) is 0 Å². The fourth-order valence-corrected chi connectivity index (χ4v) is 8.95. The lowest BCUT2D eigenvalue weighted by Crippen LogP contribution is -2.62. The predicted molar refractivity (Wildman–Crippen MR) is 123 cm³/mol. The highest BCUT2D eigenvalue weighted by Gasteiger charge is 2.65. The number of fused-ring (bicyclic) bond motifs is 5. The average molecular weight is 466 g/mol. The van der Waals surface area contributed by atoms with Gasteiger partial charge in [0, 0.05) is 6.42 Å². The molecule has 0 bridgehead atoms. The van der Waals surface area contributed by atoms with Gasteiger partial charge in [0.15, 0.2) is 0 Å². The van der Waals surface area contributed by atoms with Gasteiger partial charge in [-0.15, -0.1) is 0 Å². The van der Waals surface area contributed by atoms with Crippen LogP contribution >= 0.6 is 0 Å². The van der Waals surface area contributed by atoms with Crippen molar-refractivity contribution in [1.82, 2.24) is 5.32 Å².